The molecule has 1 atom stereocenters. The quantitative estimate of drug-likeness (QED) is 0.772. The third kappa shape index (κ3) is 5.34. The number of esters is 1. The van der Waals surface area contributed by atoms with Crippen molar-refractivity contribution < 1.29 is 22.7 Å². The highest BCUT2D eigenvalue weighted by molar-refractivity contribution is 5.69. The molecule has 0 saturated heterocycles. The van der Waals surface area contributed by atoms with Gasteiger partial charge in [-0.15, -0.1) is 0 Å². The first-order valence-electron chi connectivity index (χ1n) is 4.93. The predicted molar refractivity (Wildman–Crippen MR) is 53.7 cm³/mol. The molecule has 0 aromatic carbocycles. The van der Waals surface area contributed by atoms with Gasteiger partial charge in [0.1, 0.15) is 11.1 Å². The van der Waals surface area contributed by atoms with Crippen molar-refractivity contribution in [1.82, 2.24) is 0 Å². The van der Waals surface area contributed by atoms with Crippen LogP contribution < -0.4 is 5.73 Å². The zero-order valence-electron chi connectivity index (χ0n) is 9.94. The van der Waals surface area contributed by atoms with E-state index in [0.717, 1.165) is 6.92 Å². The minimum absolute atomic E-state index is 0.343. The van der Waals surface area contributed by atoms with Crippen LogP contribution in [0.15, 0.2) is 0 Å². The summed E-state index contributed by atoms with van der Waals surface area (Å²) in [4.78, 5) is 11.2. The Bertz CT molecular complexity index is 254. The molecule has 0 heterocycles. The first-order chi connectivity index (χ1) is 6.85. The van der Waals surface area contributed by atoms with Gasteiger partial charge in [0.25, 0.3) is 0 Å². The molecule has 1 unspecified atom stereocenters. The second-order valence-electron chi connectivity index (χ2n) is 5.00. The van der Waals surface area contributed by atoms with Crippen LogP contribution in [0.25, 0.3) is 0 Å². The molecule has 0 fully saturated rings. The molecular formula is C10H18F3NO2. The molecule has 0 aliphatic carbocycles. The number of carbonyl (C=O) groups excluding carboxylic acids is 1. The number of halogens is 3. The lowest BCUT2D eigenvalue weighted by atomic mass is 9.96. The summed E-state index contributed by atoms with van der Waals surface area (Å²) in [7, 11) is 0. The van der Waals surface area contributed by atoms with Gasteiger partial charge in [0, 0.05) is 6.42 Å². The second kappa shape index (κ2) is 4.61. The number of hydrogen-bond acceptors (Lipinski definition) is 3. The smallest absolute Gasteiger partial charge is 0.406 e. The Morgan fingerprint density at radius 2 is 1.62 bits per heavy atom. The zero-order chi connectivity index (χ0) is 13.2. The number of carbonyl (C=O) groups is 1. The molecule has 16 heavy (non-hydrogen) atoms. The molecule has 0 saturated carbocycles. The van der Waals surface area contributed by atoms with Gasteiger partial charge in [-0.1, -0.05) is 0 Å². The van der Waals surface area contributed by atoms with Crippen LogP contribution in [0.1, 0.15) is 40.5 Å². The van der Waals surface area contributed by atoms with Crippen LogP contribution in [0.5, 0.6) is 0 Å². The van der Waals surface area contributed by atoms with Crippen molar-refractivity contribution in [2.75, 3.05) is 0 Å². The monoisotopic (exact) mass is 241 g/mol. The average Bonchev–Trinajstić information content (AvgIpc) is 1.95. The van der Waals surface area contributed by atoms with Gasteiger partial charge in [-0.25, -0.2) is 0 Å². The maximum absolute atomic E-state index is 12.3. The molecule has 2 N–H and O–H groups in total. The number of ether oxygens (including phenoxy) is 1. The molecule has 6 heteroatoms. The van der Waals surface area contributed by atoms with E-state index in [0.29, 0.717) is 0 Å². The van der Waals surface area contributed by atoms with Gasteiger partial charge in [-0.2, -0.15) is 13.2 Å². The highest BCUT2D eigenvalue weighted by Gasteiger charge is 2.47. The van der Waals surface area contributed by atoms with Crippen molar-refractivity contribution >= 4 is 5.97 Å². The first-order valence-corrected chi connectivity index (χ1v) is 4.93. The molecular weight excluding hydrogens is 223 g/mol. The maximum Gasteiger partial charge on any atom is 0.406 e. The lowest BCUT2D eigenvalue weighted by molar-refractivity contribution is -0.184. The fraction of sp³-hybridized carbons (Fsp3) is 0.900. The van der Waals surface area contributed by atoms with Gasteiger partial charge in [-0.3, -0.25) is 4.79 Å². The molecule has 0 amide bonds. The summed E-state index contributed by atoms with van der Waals surface area (Å²) < 4.78 is 41.9. The van der Waals surface area contributed by atoms with E-state index in [2.05, 4.69) is 0 Å². The van der Waals surface area contributed by atoms with Gasteiger partial charge in [0.2, 0.25) is 0 Å². The lowest BCUT2D eigenvalue weighted by Gasteiger charge is -2.27. The van der Waals surface area contributed by atoms with Gasteiger partial charge in [0.05, 0.1) is 0 Å². The van der Waals surface area contributed by atoms with E-state index in [1.807, 2.05) is 0 Å². The molecule has 0 aromatic heterocycles. The molecule has 3 nitrogen and oxygen atoms in total. The summed E-state index contributed by atoms with van der Waals surface area (Å²) in [6.45, 7) is 5.81. The van der Waals surface area contributed by atoms with E-state index in [9.17, 15) is 18.0 Å². The van der Waals surface area contributed by atoms with Crippen LogP contribution >= 0.6 is 0 Å². The molecule has 0 aromatic rings. The third-order valence-corrected chi connectivity index (χ3v) is 1.92. The van der Waals surface area contributed by atoms with Gasteiger partial charge in [-0.05, 0) is 34.1 Å². The van der Waals surface area contributed by atoms with Crippen molar-refractivity contribution in [3.63, 3.8) is 0 Å². The summed E-state index contributed by atoms with van der Waals surface area (Å²) in [6.07, 6.45) is -5.34. The summed E-state index contributed by atoms with van der Waals surface area (Å²) in [5, 5.41) is 0. The highest BCUT2D eigenvalue weighted by Crippen LogP contribution is 2.31. The van der Waals surface area contributed by atoms with Crippen molar-refractivity contribution in [1.29, 1.82) is 0 Å². The Morgan fingerprint density at radius 1 is 1.19 bits per heavy atom. The standard InChI is InChI=1S/C10H18F3NO2/c1-8(2,3)16-7(15)5-6-9(4,14)10(11,12)13/h5-6,14H2,1-4H3. The maximum atomic E-state index is 12.3. The van der Waals surface area contributed by atoms with E-state index in [1.54, 1.807) is 20.8 Å². The van der Waals surface area contributed by atoms with Crippen molar-refractivity contribution in [3.05, 3.63) is 0 Å². The Balaban J connectivity index is 4.22. The van der Waals surface area contributed by atoms with Crippen LogP contribution in [0.4, 0.5) is 13.2 Å². The second-order valence-corrected chi connectivity index (χ2v) is 5.00. The van der Waals surface area contributed by atoms with Gasteiger partial charge >= 0.3 is 12.1 Å². The molecule has 0 bridgehead atoms. The molecule has 0 rings (SSSR count). The summed E-state index contributed by atoms with van der Waals surface area (Å²) >= 11 is 0. The Hall–Kier alpha value is -0.780. The van der Waals surface area contributed by atoms with Crippen molar-refractivity contribution in [2.45, 2.75) is 57.9 Å². The number of hydrogen-bond donors (Lipinski definition) is 1. The molecule has 96 valence electrons. The van der Waals surface area contributed by atoms with E-state index in [1.165, 1.54) is 0 Å². The fourth-order valence-electron chi connectivity index (χ4n) is 0.896. The first kappa shape index (κ1) is 15.2. The summed E-state index contributed by atoms with van der Waals surface area (Å²) in [5.74, 6) is -0.673. The summed E-state index contributed by atoms with van der Waals surface area (Å²) in [5.41, 5.74) is 2.02. The largest absolute Gasteiger partial charge is 0.460 e. The minimum atomic E-state index is -4.52. The van der Waals surface area contributed by atoms with E-state index < -0.39 is 29.7 Å². The van der Waals surface area contributed by atoms with E-state index in [-0.39, 0.29) is 6.42 Å². The van der Waals surface area contributed by atoms with Crippen molar-refractivity contribution in [3.8, 4) is 0 Å². The minimum Gasteiger partial charge on any atom is -0.460 e. The zero-order valence-corrected chi connectivity index (χ0v) is 9.94. The topological polar surface area (TPSA) is 52.3 Å². The van der Waals surface area contributed by atoms with Gasteiger partial charge in [0.15, 0.2) is 0 Å². The van der Waals surface area contributed by atoms with Crippen molar-refractivity contribution in [2.24, 2.45) is 5.73 Å². The molecule has 0 radical (unpaired) electrons. The van der Waals surface area contributed by atoms with Crippen LogP contribution in [-0.4, -0.2) is 23.3 Å². The molecule has 0 spiro atoms. The number of alkyl halides is 3. The van der Waals surface area contributed by atoms with Gasteiger partial charge < -0.3 is 10.5 Å². The van der Waals surface area contributed by atoms with Crippen LogP contribution in [0.2, 0.25) is 0 Å². The predicted octanol–water partition coefficient (Wildman–Crippen LogP) is 2.39. The molecule has 0 aliphatic heterocycles. The Morgan fingerprint density at radius 3 is 1.94 bits per heavy atom. The van der Waals surface area contributed by atoms with Crippen LogP contribution in [0.3, 0.4) is 0 Å². The SMILES string of the molecule is CC(C)(C)OC(=O)CCC(C)(N)C(F)(F)F. The number of rotatable bonds is 3. The Labute approximate surface area is 93.1 Å². The fourth-order valence-corrected chi connectivity index (χ4v) is 0.896. The summed E-state index contributed by atoms with van der Waals surface area (Å²) in [6, 6.07) is 0. The average molecular weight is 241 g/mol. The van der Waals surface area contributed by atoms with E-state index >= 15 is 0 Å². The lowest BCUT2D eigenvalue weighted by Crippen LogP contribution is -2.51. The number of nitrogens with two attached hydrogens (primary N) is 1. The highest BCUT2D eigenvalue weighted by atomic mass is 19.4. The third-order valence-electron chi connectivity index (χ3n) is 1.92. The normalized spacial score (nSPS) is 16.8. The van der Waals surface area contributed by atoms with Crippen LogP contribution in [-0.2, 0) is 9.53 Å². The Kier molecular flexibility index (Phi) is 4.38. The van der Waals surface area contributed by atoms with E-state index in [4.69, 9.17) is 10.5 Å². The van der Waals surface area contributed by atoms with Crippen LogP contribution in [0, 0.1) is 0 Å². The molecule has 0 aliphatic rings.